The molecule has 2 heteroatoms. The van der Waals surface area contributed by atoms with Crippen molar-refractivity contribution >= 4 is 5.78 Å². The largest absolute Gasteiger partial charge is 0.457 e. The minimum atomic E-state index is -0.126. The number of carbonyl (C=O) groups excluding carboxylic acids is 1. The molecule has 21 heavy (non-hydrogen) atoms. The first-order valence-corrected chi connectivity index (χ1v) is 6.59. The zero-order chi connectivity index (χ0) is 14.5. The second kappa shape index (κ2) is 6.06. The van der Waals surface area contributed by atoms with Gasteiger partial charge in [-0.25, -0.2) is 0 Å². The van der Waals surface area contributed by atoms with Gasteiger partial charge in [-0.1, -0.05) is 42.5 Å². The lowest BCUT2D eigenvalue weighted by Gasteiger charge is -2.10. The van der Waals surface area contributed by atoms with Gasteiger partial charge in [0.1, 0.15) is 11.5 Å². The molecule has 3 rings (SSSR count). The van der Waals surface area contributed by atoms with Crippen LogP contribution in [0.3, 0.4) is 0 Å². The summed E-state index contributed by atoms with van der Waals surface area (Å²) < 4.78 is 5.81. The lowest BCUT2D eigenvalue weighted by molar-refractivity contribution is 0.103. The Labute approximate surface area is 123 Å². The SMILES string of the molecule is O=C(c1[c]cc[c]c1)c1ccccc1Oc1ccccc1. The fraction of sp³-hybridized carbons (Fsp3) is 0. The van der Waals surface area contributed by atoms with Gasteiger partial charge in [-0.2, -0.15) is 0 Å². The van der Waals surface area contributed by atoms with Gasteiger partial charge >= 0.3 is 0 Å². The molecule has 0 aliphatic carbocycles. The molecule has 0 heterocycles. The predicted molar refractivity (Wildman–Crippen MR) is 80.5 cm³/mol. The maximum Gasteiger partial charge on any atom is 0.197 e. The van der Waals surface area contributed by atoms with E-state index in [1.807, 2.05) is 42.5 Å². The number of ether oxygens (including phenoxy) is 1. The third-order valence-corrected chi connectivity index (χ3v) is 2.99. The van der Waals surface area contributed by atoms with Crippen molar-refractivity contribution in [3.8, 4) is 11.5 Å². The van der Waals surface area contributed by atoms with Crippen LogP contribution in [-0.2, 0) is 0 Å². The van der Waals surface area contributed by atoms with Gasteiger partial charge in [-0.15, -0.1) is 0 Å². The summed E-state index contributed by atoms with van der Waals surface area (Å²) in [5.74, 6) is 1.10. The van der Waals surface area contributed by atoms with E-state index in [0.29, 0.717) is 22.6 Å². The topological polar surface area (TPSA) is 26.3 Å². The van der Waals surface area contributed by atoms with Gasteiger partial charge in [0.15, 0.2) is 5.78 Å². The summed E-state index contributed by atoms with van der Waals surface area (Å²) in [5, 5.41) is 0. The van der Waals surface area contributed by atoms with Crippen molar-refractivity contribution in [2.75, 3.05) is 0 Å². The molecular formula is C19H12O2. The molecule has 2 nitrogen and oxygen atoms in total. The minimum absolute atomic E-state index is 0.126. The molecule has 3 aromatic rings. The molecule has 0 bridgehead atoms. The van der Waals surface area contributed by atoms with Gasteiger partial charge in [0.25, 0.3) is 0 Å². The van der Waals surface area contributed by atoms with Gasteiger partial charge in [0, 0.05) is 5.56 Å². The summed E-state index contributed by atoms with van der Waals surface area (Å²) in [6, 6.07) is 27.4. The van der Waals surface area contributed by atoms with Crippen molar-refractivity contribution in [2.45, 2.75) is 0 Å². The average Bonchev–Trinajstić information content (AvgIpc) is 2.56. The summed E-state index contributed by atoms with van der Waals surface area (Å²) in [7, 11) is 0. The highest BCUT2D eigenvalue weighted by Gasteiger charge is 2.14. The standard InChI is InChI=1S/C19H12O2/c20-19(15-9-3-1-4-10-15)17-13-7-8-14-18(17)21-16-11-5-2-6-12-16/h1-3,5-8,10-14H. The van der Waals surface area contributed by atoms with E-state index in [1.54, 1.807) is 30.3 Å². The molecule has 0 atom stereocenters. The molecule has 0 aliphatic rings. The average molecular weight is 272 g/mol. The van der Waals surface area contributed by atoms with Crippen LogP contribution in [0.15, 0.2) is 72.8 Å². The molecule has 3 aromatic carbocycles. The van der Waals surface area contributed by atoms with E-state index in [0.717, 1.165) is 0 Å². The van der Waals surface area contributed by atoms with E-state index in [-0.39, 0.29) is 5.78 Å². The lowest BCUT2D eigenvalue weighted by atomic mass is 10.0. The molecule has 0 saturated heterocycles. The fourth-order valence-electron chi connectivity index (χ4n) is 1.99. The number of carbonyl (C=O) groups is 1. The van der Waals surface area contributed by atoms with Crippen LogP contribution >= 0.6 is 0 Å². The fourth-order valence-corrected chi connectivity index (χ4v) is 1.99. The molecular weight excluding hydrogens is 260 g/mol. The van der Waals surface area contributed by atoms with Crippen LogP contribution in [0.25, 0.3) is 0 Å². The Hall–Kier alpha value is -2.87. The highest BCUT2D eigenvalue weighted by atomic mass is 16.5. The van der Waals surface area contributed by atoms with Crippen LogP contribution in [0.4, 0.5) is 0 Å². The minimum Gasteiger partial charge on any atom is -0.457 e. The van der Waals surface area contributed by atoms with E-state index in [9.17, 15) is 4.79 Å². The van der Waals surface area contributed by atoms with E-state index < -0.39 is 0 Å². The third kappa shape index (κ3) is 3.00. The van der Waals surface area contributed by atoms with Gasteiger partial charge in [0.05, 0.1) is 5.56 Å². The highest BCUT2D eigenvalue weighted by Crippen LogP contribution is 2.26. The van der Waals surface area contributed by atoms with Crippen molar-refractivity contribution < 1.29 is 9.53 Å². The smallest absolute Gasteiger partial charge is 0.197 e. The zero-order valence-electron chi connectivity index (χ0n) is 11.2. The number of hydrogen-bond donors (Lipinski definition) is 0. The Morgan fingerprint density at radius 1 is 0.905 bits per heavy atom. The van der Waals surface area contributed by atoms with Crippen molar-refractivity contribution in [2.24, 2.45) is 0 Å². The summed E-state index contributed by atoms with van der Waals surface area (Å²) >= 11 is 0. The van der Waals surface area contributed by atoms with E-state index >= 15 is 0 Å². The molecule has 0 fully saturated rings. The Kier molecular flexibility index (Phi) is 3.79. The molecule has 0 amide bonds. The first-order chi connectivity index (χ1) is 10.3. The van der Waals surface area contributed by atoms with Crippen molar-refractivity contribution in [3.63, 3.8) is 0 Å². The Bertz CT molecular complexity index is 734. The number of hydrogen-bond acceptors (Lipinski definition) is 2. The monoisotopic (exact) mass is 272 g/mol. The van der Waals surface area contributed by atoms with Gasteiger partial charge in [-0.3, -0.25) is 4.79 Å². The summed E-state index contributed by atoms with van der Waals surface area (Å²) in [4.78, 5) is 12.5. The number of benzene rings is 3. The van der Waals surface area contributed by atoms with Crippen LogP contribution in [0.5, 0.6) is 11.5 Å². The Morgan fingerprint density at radius 3 is 2.43 bits per heavy atom. The maximum absolute atomic E-state index is 12.5. The van der Waals surface area contributed by atoms with Crippen LogP contribution in [0.1, 0.15) is 15.9 Å². The summed E-state index contributed by atoms with van der Waals surface area (Å²) in [5.41, 5.74) is 0.985. The normalized spacial score (nSPS) is 10.1. The van der Waals surface area contributed by atoms with E-state index in [2.05, 4.69) is 12.1 Å². The third-order valence-electron chi connectivity index (χ3n) is 2.99. The molecule has 2 radical (unpaired) electrons. The summed E-state index contributed by atoms with van der Waals surface area (Å²) in [6.07, 6.45) is 0. The first-order valence-electron chi connectivity index (χ1n) is 6.59. The van der Waals surface area contributed by atoms with Crippen LogP contribution < -0.4 is 4.74 Å². The van der Waals surface area contributed by atoms with Crippen LogP contribution in [0, 0.1) is 12.1 Å². The van der Waals surface area contributed by atoms with Gasteiger partial charge in [-0.05, 0) is 42.5 Å². The molecule has 0 unspecified atom stereocenters. The molecule has 0 N–H and O–H groups in total. The maximum atomic E-state index is 12.5. The molecule has 0 saturated carbocycles. The lowest BCUT2D eigenvalue weighted by Crippen LogP contribution is -2.03. The predicted octanol–water partition coefficient (Wildman–Crippen LogP) is 4.31. The molecule has 0 aliphatic heterocycles. The quantitative estimate of drug-likeness (QED) is 0.661. The molecule has 0 aromatic heterocycles. The molecule has 100 valence electrons. The molecule has 0 spiro atoms. The van der Waals surface area contributed by atoms with Gasteiger partial charge in [0.2, 0.25) is 0 Å². The van der Waals surface area contributed by atoms with Gasteiger partial charge < -0.3 is 4.74 Å². The second-order valence-corrected chi connectivity index (χ2v) is 4.44. The van der Waals surface area contributed by atoms with Crippen molar-refractivity contribution in [3.05, 3.63) is 96.1 Å². The van der Waals surface area contributed by atoms with E-state index in [1.165, 1.54) is 0 Å². The highest BCUT2D eigenvalue weighted by molar-refractivity contribution is 6.10. The number of para-hydroxylation sites is 2. The number of ketones is 1. The first kappa shape index (κ1) is 13.1. The van der Waals surface area contributed by atoms with E-state index in [4.69, 9.17) is 4.74 Å². The van der Waals surface area contributed by atoms with Crippen LogP contribution in [0.2, 0.25) is 0 Å². The Morgan fingerprint density at radius 2 is 1.67 bits per heavy atom. The van der Waals surface area contributed by atoms with Crippen LogP contribution in [-0.4, -0.2) is 5.78 Å². The second-order valence-electron chi connectivity index (χ2n) is 4.44. The Balaban J connectivity index is 1.95. The number of rotatable bonds is 4. The van der Waals surface area contributed by atoms with Crippen molar-refractivity contribution in [1.29, 1.82) is 0 Å². The van der Waals surface area contributed by atoms with Crippen molar-refractivity contribution in [1.82, 2.24) is 0 Å². The zero-order valence-corrected chi connectivity index (χ0v) is 11.2. The summed E-state index contributed by atoms with van der Waals surface area (Å²) in [6.45, 7) is 0.